The van der Waals surface area contributed by atoms with E-state index in [1.165, 1.54) is 0 Å². The summed E-state index contributed by atoms with van der Waals surface area (Å²) in [5.41, 5.74) is 3.55. The number of nitrogens with zero attached hydrogens (tertiary/aromatic N) is 7. The molecule has 38 heavy (non-hydrogen) atoms. The molecule has 1 saturated heterocycles. The molecule has 2 aliphatic rings. The summed E-state index contributed by atoms with van der Waals surface area (Å²) in [4.78, 5) is 26.2. The van der Waals surface area contributed by atoms with Crippen molar-refractivity contribution in [2.24, 2.45) is 11.8 Å². The maximum Gasteiger partial charge on any atom is 0.451 e. The Balaban J connectivity index is 1.16. The van der Waals surface area contributed by atoms with Gasteiger partial charge in [0.2, 0.25) is 17.6 Å². The minimum Gasteiger partial charge on any atom is -0.444 e. The summed E-state index contributed by atoms with van der Waals surface area (Å²) in [6.07, 6.45) is -0.519. The van der Waals surface area contributed by atoms with Crippen molar-refractivity contribution in [2.45, 2.75) is 39.5 Å². The fourth-order valence-electron chi connectivity index (χ4n) is 5.55. The van der Waals surface area contributed by atoms with Crippen molar-refractivity contribution in [3.05, 3.63) is 54.1 Å². The van der Waals surface area contributed by atoms with Gasteiger partial charge in [-0.3, -0.25) is 9.78 Å². The van der Waals surface area contributed by atoms with Gasteiger partial charge in [-0.25, -0.2) is 4.98 Å². The van der Waals surface area contributed by atoms with Gasteiger partial charge in [-0.15, -0.1) is 10.2 Å². The number of halogens is 3. The second kappa shape index (κ2) is 9.10. The predicted molar refractivity (Wildman–Crippen MR) is 132 cm³/mol. The maximum absolute atomic E-state index is 13.4. The summed E-state index contributed by atoms with van der Waals surface area (Å²) in [5, 5.41) is 8.02. The smallest absolute Gasteiger partial charge is 0.444 e. The van der Waals surface area contributed by atoms with Gasteiger partial charge in [-0.05, 0) is 43.5 Å². The SMILES string of the molecule is Cc1coc(-c2ccc3c(N4CC[C@H](C(=O)N5CCn6c(nnc6C(F)(F)F)C5)[C@H](C)C4)ccnc3c2)n1. The van der Waals surface area contributed by atoms with Crippen LogP contribution in [-0.2, 0) is 24.1 Å². The lowest BCUT2D eigenvalue weighted by Gasteiger charge is -2.40. The zero-order chi connectivity index (χ0) is 26.6. The molecule has 3 aromatic heterocycles. The van der Waals surface area contributed by atoms with Gasteiger partial charge < -0.3 is 18.8 Å². The van der Waals surface area contributed by atoms with Gasteiger partial charge in [-0.2, -0.15) is 13.2 Å². The highest BCUT2D eigenvalue weighted by molar-refractivity contribution is 5.94. The fourth-order valence-corrected chi connectivity index (χ4v) is 5.55. The second-order valence-corrected chi connectivity index (χ2v) is 10.0. The molecule has 198 valence electrons. The highest BCUT2D eigenvalue weighted by atomic mass is 19.4. The molecule has 6 rings (SSSR count). The zero-order valence-corrected chi connectivity index (χ0v) is 20.9. The van der Waals surface area contributed by atoms with Gasteiger partial charge in [-0.1, -0.05) is 6.92 Å². The maximum atomic E-state index is 13.4. The summed E-state index contributed by atoms with van der Waals surface area (Å²) in [6.45, 7) is 5.57. The monoisotopic (exact) mass is 525 g/mol. The summed E-state index contributed by atoms with van der Waals surface area (Å²) in [6, 6.07) is 7.94. The van der Waals surface area contributed by atoms with Crippen molar-refractivity contribution in [3.8, 4) is 11.5 Å². The highest BCUT2D eigenvalue weighted by Gasteiger charge is 2.41. The first-order valence-corrected chi connectivity index (χ1v) is 12.5. The van der Waals surface area contributed by atoms with E-state index in [2.05, 4.69) is 32.0 Å². The van der Waals surface area contributed by atoms with Crippen LogP contribution in [0.4, 0.5) is 18.9 Å². The van der Waals surface area contributed by atoms with Crippen LogP contribution >= 0.6 is 0 Å². The van der Waals surface area contributed by atoms with Gasteiger partial charge >= 0.3 is 6.18 Å². The summed E-state index contributed by atoms with van der Waals surface area (Å²) in [5.74, 6) is -0.478. The van der Waals surface area contributed by atoms with E-state index in [4.69, 9.17) is 4.42 Å². The average Bonchev–Trinajstić information content (AvgIpc) is 3.53. The molecule has 4 aromatic rings. The Labute approximate surface area is 216 Å². The van der Waals surface area contributed by atoms with Crippen molar-refractivity contribution in [1.29, 1.82) is 0 Å². The van der Waals surface area contributed by atoms with E-state index in [1.54, 1.807) is 17.4 Å². The molecule has 1 amide bonds. The summed E-state index contributed by atoms with van der Waals surface area (Å²) >= 11 is 0. The van der Waals surface area contributed by atoms with E-state index < -0.39 is 12.0 Å². The first-order valence-electron chi connectivity index (χ1n) is 12.5. The van der Waals surface area contributed by atoms with Crippen LogP contribution < -0.4 is 4.90 Å². The molecule has 0 unspecified atom stereocenters. The van der Waals surface area contributed by atoms with Crippen LogP contribution in [0.2, 0.25) is 0 Å². The van der Waals surface area contributed by atoms with Crippen LogP contribution in [0.25, 0.3) is 22.4 Å². The molecule has 2 atom stereocenters. The van der Waals surface area contributed by atoms with Crippen molar-refractivity contribution >= 4 is 22.5 Å². The number of anilines is 1. The Morgan fingerprint density at radius 1 is 1.13 bits per heavy atom. The van der Waals surface area contributed by atoms with Gasteiger partial charge in [0.1, 0.15) is 6.26 Å². The van der Waals surface area contributed by atoms with E-state index in [0.717, 1.165) is 32.4 Å². The lowest BCUT2D eigenvalue weighted by atomic mass is 9.85. The third kappa shape index (κ3) is 4.27. The van der Waals surface area contributed by atoms with Gasteiger partial charge in [0.05, 0.1) is 17.8 Å². The molecule has 2 aliphatic heterocycles. The molecule has 0 bridgehead atoms. The van der Waals surface area contributed by atoms with E-state index in [-0.39, 0.29) is 43.2 Å². The number of carbonyl (C=O) groups excluding carboxylic acids is 1. The number of hydrogen-bond donors (Lipinski definition) is 0. The van der Waals surface area contributed by atoms with Crippen molar-refractivity contribution < 1.29 is 22.4 Å². The van der Waals surface area contributed by atoms with Gasteiger partial charge in [0.25, 0.3) is 0 Å². The Morgan fingerprint density at radius 3 is 2.71 bits per heavy atom. The first kappa shape index (κ1) is 24.4. The number of carbonyl (C=O) groups is 1. The molecule has 1 aromatic carbocycles. The number of pyridine rings is 1. The average molecular weight is 526 g/mol. The number of oxazole rings is 1. The minimum atomic E-state index is -4.56. The standard InChI is InChI=1S/C26H26F3N7O2/c1-15-12-34(21-5-7-30-20-11-17(3-4-19(20)21)23-31-16(2)14-38-23)8-6-18(15)24(37)35-9-10-36-22(13-35)32-33-25(36)26(27,28)29/h3-5,7,11,14-15,18H,6,8-10,12-13H2,1-2H3/t15-,18+/m1/s1. The Morgan fingerprint density at radius 2 is 1.97 bits per heavy atom. The first-order chi connectivity index (χ1) is 18.2. The van der Waals surface area contributed by atoms with Gasteiger partial charge in [0, 0.05) is 54.9 Å². The number of alkyl halides is 3. The molecule has 0 saturated carbocycles. The van der Waals surface area contributed by atoms with Crippen molar-refractivity contribution in [1.82, 2.24) is 29.6 Å². The zero-order valence-electron chi connectivity index (χ0n) is 20.9. The minimum absolute atomic E-state index is 0.0359. The third-order valence-electron chi connectivity index (χ3n) is 7.47. The number of rotatable bonds is 3. The van der Waals surface area contributed by atoms with E-state index in [9.17, 15) is 18.0 Å². The van der Waals surface area contributed by atoms with E-state index in [1.807, 2.05) is 31.2 Å². The molecule has 0 spiro atoms. The molecule has 0 radical (unpaired) electrons. The van der Waals surface area contributed by atoms with Crippen LogP contribution in [0.1, 0.15) is 30.7 Å². The molecule has 1 fully saturated rings. The van der Waals surface area contributed by atoms with Crippen molar-refractivity contribution in [2.75, 3.05) is 24.5 Å². The number of amides is 1. The quantitative estimate of drug-likeness (QED) is 0.394. The molecule has 5 heterocycles. The van der Waals surface area contributed by atoms with E-state index in [0.29, 0.717) is 25.4 Å². The fraction of sp³-hybridized carbons (Fsp3) is 0.423. The molecule has 9 nitrogen and oxygen atoms in total. The number of piperidine rings is 1. The van der Waals surface area contributed by atoms with Crippen LogP contribution in [0, 0.1) is 18.8 Å². The topological polar surface area (TPSA) is 93.2 Å². The largest absolute Gasteiger partial charge is 0.451 e. The number of hydrogen-bond acceptors (Lipinski definition) is 7. The van der Waals surface area contributed by atoms with Crippen molar-refractivity contribution in [3.63, 3.8) is 0 Å². The van der Waals surface area contributed by atoms with Gasteiger partial charge in [0.15, 0.2) is 5.82 Å². The highest BCUT2D eigenvalue weighted by Crippen LogP contribution is 2.35. The molecular weight excluding hydrogens is 499 g/mol. The number of aryl methyl sites for hydroxylation is 1. The number of benzene rings is 1. The van der Waals surface area contributed by atoms with Crippen LogP contribution in [0.5, 0.6) is 0 Å². The third-order valence-corrected chi connectivity index (χ3v) is 7.47. The summed E-state index contributed by atoms with van der Waals surface area (Å²) < 4.78 is 46.1. The molecular formula is C26H26F3N7O2. The lowest BCUT2D eigenvalue weighted by molar-refractivity contribution is -0.148. The summed E-state index contributed by atoms with van der Waals surface area (Å²) in [7, 11) is 0. The van der Waals surface area contributed by atoms with Crippen LogP contribution in [0.3, 0.4) is 0 Å². The molecule has 0 N–H and O–H groups in total. The number of aromatic nitrogens is 5. The number of fused-ring (bicyclic) bond motifs is 2. The predicted octanol–water partition coefficient (Wildman–Crippen LogP) is 4.31. The second-order valence-electron chi connectivity index (χ2n) is 10.0. The normalized spacial score (nSPS) is 20.1. The lowest BCUT2D eigenvalue weighted by Crippen LogP contribution is -2.49. The molecule has 0 aliphatic carbocycles. The van der Waals surface area contributed by atoms with E-state index >= 15 is 0 Å². The van der Waals surface area contributed by atoms with Crippen LogP contribution in [-0.4, -0.2) is 55.2 Å². The Hall–Kier alpha value is -3.96. The van der Waals surface area contributed by atoms with Crippen LogP contribution in [0.15, 0.2) is 41.1 Å². The Bertz CT molecular complexity index is 1510. The molecule has 12 heteroatoms. The Kier molecular flexibility index (Phi) is 5.84.